The number of rotatable bonds is 0. The van der Waals surface area contributed by atoms with E-state index < -0.39 is 0 Å². The number of hydrogen-bond acceptors (Lipinski definition) is 3. The van der Waals surface area contributed by atoms with Crippen LogP contribution in [0.15, 0.2) is 22.9 Å². The Labute approximate surface area is 75.5 Å². The molecule has 0 aliphatic carbocycles. The minimum Gasteiger partial charge on any atom is -0.360 e. The summed E-state index contributed by atoms with van der Waals surface area (Å²) in [5.74, 6) is 0.0700. The molecule has 2 heterocycles. The van der Waals surface area contributed by atoms with Gasteiger partial charge in [0.2, 0.25) is 0 Å². The molecule has 4 heteroatoms. The van der Waals surface area contributed by atoms with Gasteiger partial charge in [0.25, 0.3) is 5.91 Å². The van der Waals surface area contributed by atoms with E-state index in [1.54, 1.807) is 22.7 Å². The predicted molar refractivity (Wildman–Crippen MR) is 48.9 cm³/mol. The number of hydrogen-bond donors (Lipinski definition) is 1. The van der Waals surface area contributed by atoms with Crippen molar-refractivity contribution in [2.75, 3.05) is 0 Å². The molecule has 0 radical (unpaired) electrons. The summed E-state index contributed by atoms with van der Waals surface area (Å²) < 4.78 is 0. The van der Waals surface area contributed by atoms with Crippen LogP contribution >= 0.6 is 11.8 Å². The van der Waals surface area contributed by atoms with Crippen LogP contribution in [-0.4, -0.2) is 16.3 Å². The quantitative estimate of drug-likeness (QED) is 0.611. The third-order valence-electron chi connectivity index (χ3n) is 1.82. The Hall–Kier alpha value is -0.900. The molecule has 1 amide bonds. The molecule has 0 saturated heterocycles. The minimum atomic E-state index is 0.0700. The topological polar surface area (TPSA) is 32.3 Å². The molecule has 12 heavy (non-hydrogen) atoms. The second kappa shape index (κ2) is 2.55. The molecular weight excluding hydrogens is 172 g/mol. The zero-order valence-corrected chi connectivity index (χ0v) is 7.81. The number of carbonyl (C=O) groups excluding carboxylic acids is 1. The van der Waals surface area contributed by atoms with E-state index in [2.05, 4.69) is 5.32 Å². The Kier molecular flexibility index (Phi) is 1.65. The summed E-state index contributed by atoms with van der Waals surface area (Å²) >= 11 is 1.67. The molecule has 0 saturated carbocycles. The van der Waals surface area contributed by atoms with Crippen LogP contribution in [0.4, 0.5) is 0 Å². The van der Waals surface area contributed by atoms with Gasteiger partial charge in [-0.15, -0.1) is 0 Å². The van der Waals surface area contributed by atoms with Crippen molar-refractivity contribution in [2.24, 2.45) is 0 Å². The van der Waals surface area contributed by atoms with E-state index in [4.69, 9.17) is 0 Å². The van der Waals surface area contributed by atoms with Gasteiger partial charge in [0.1, 0.15) is 0 Å². The zero-order valence-electron chi connectivity index (χ0n) is 7.00. The molecule has 64 valence electrons. The molecule has 0 aromatic heterocycles. The number of allylic oxidation sites excluding steroid dienone is 2. The molecule has 1 N–H and O–H groups in total. The summed E-state index contributed by atoms with van der Waals surface area (Å²) in [6.45, 7) is 3.91. The lowest BCUT2D eigenvalue weighted by atomic mass is 10.3. The molecule has 3 nitrogen and oxygen atoms in total. The van der Waals surface area contributed by atoms with Gasteiger partial charge < -0.3 is 5.32 Å². The highest BCUT2D eigenvalue weighted by Crippen LogP contribution is 2.32. The summed E-state index contributed by atoms with van der Waals surface area (Å²) in [7, 11) is 0. The Balaban J connectivity index is 2.27. The van der Waals surface area contributed by atoms with Crippen LogP contribution in [0, 0.1) is 0 Å². The van der Waals surface area contributed by atoms with Crippen LogP contribution in [-0.2, 0) is 4.79 Å². The van der Waals surface area contributed by atoms with Gasteiger partial charge in [-0.25, -0.2) is 0 Å². The molecule has 0 spiro atoms. The maximum Gasteiger partial charge on any atom is 0.254 e. The van der Waals surface area contributed by atoms with Crippen molar-refractivity contribution in [3.8, 4) is 0 Å². The number of amides is 1. The summed E-state index contributed by atoms with van der Waals surface area (Å²) in [6.07, 6.45) is 3.50. The Morgan fingerprint density at radius 2 is 2.33 bits per heavy atom. The highest BCUT2D eigenvalue weighted by molar-refractivity contribution is 8.03. The van der Waals surface area contributed by atoms with E-state index in [1.165, 1.54) is 4.91 Å². The number of nitrogens with zero attached hydrogens (tertiary/aromatic N) is 1. The van der Waals surface area contributed by atoms with Gasteiger partial charge in [-0.05, 0) is 13.8 Å². The molecule has 1 atom stereocenters. The van der Waals surface area contributed by atoms with Gasteiger partial charge in [0.05, 0.1) is 0 Å². The Bertz CT molecular complexity index is 295. The van der Waals surface area contributed by atoms with Crippen LogP contribution in [0.3, 0.4) is 0 Å². The number of nitrogens with one attached hydrogen (secondary N) is 1. The third kappa shape index (κ3) is 1.12. The predicted octanol–water partition coefficient (Wildman–Crippen LogP) is 1.21. The Morgan fingerprint density at radius 1 is 1.58 bits per heavy atom. The van der Waals surface area contributed by atoms with Gasteiger partial charge in [-0.3, -0.25) is 9.69 Å². The summed E-state index contributed by atoms with van der Waals surface area (Å²) in [5.41, 5.74) is 1.03. The highest BCUT2D eigenvalue weighted by atomic mass is 32.2. The summed E-state index contributed by atoms with van der Waals surface area (Å²) in [6, 6.07) is 0. The van der Waals surface area contributed by atoms with Crippen molar-refractivity contribution in [1.82, 2.24) is 10.2 Å². The van der Waals surface area contributed by atoms with Crippen molar-refractivity contribution >= 4 is 17.7 Å². The lowest BCUT2D eigenvalue weighted by molar-refractivity contribution is -0.124. The monoisotopic (exact) mass is 182 g/mol. The number of fused-ring (bicyclic) bond motifs is 1. The summed E-state index contributed by atoms with van der Waals surface area (Å²) in [4.78, 5) is 14.3. The minimum absolute atomic E-state index is 0.0700. The fourth-order valence-electron chi connectivity index (χ4n) is 1.30. The average molecular weight is 182 g/mol. The lowest BCUT2D eigenvalue weighted by Crippen LogP contribution is -2.43. The van der Waals surface area contributed by atoms with Crippen molar-refractivity contribution in [1.29, 1.82) is 0 Å². The first-order valence-electron chi connectivity index (χ1n) is 3.79. The van der Waals surface area contributed by atoms with Crippen molar-refractivity contribution in [2.45, 2.75) is 19.3 Å². The first-order valence-corrected chi connectivity index (χ1v) is 4.67. The maximum absolute atomic E-state index is 11.4. The standard InChI is InChI=1S/C8H10N2OS/c1-5-3-7(11)10-4-6(2)12-8(10)9-5/h3-4,8-9H,1-2H3. The molecule has 0 aromatic carbocycles. The van der Waals surface area contributed by atoms with Crippen LogP contribution in [0.25, 0.3) is 0 Å². The molecule has 0 aromatic rings. The molecular formula is C8H10N2OS. The number of thioether (sulfide) groups is 1. The first-order chi connectivity index (χ1) is 5.66. The van der Waals surface area contributed by atoms with Crippen LogP contribution < -0.4 is 5.32 Å². The maximum atomic E-state index is 11.4. The van der Waals surface area contributed by atoms with Crippen molar-refractivity contribution in [3.05, 3.63) is 22.9 Å². The van der Waals surface area contributed by atoms with Crippen LogP contribution in [0.2, 0.25) is 0 Å². The third-order valence-corrected chi connectivity index (χ3v) is 2.86. The molecule has 2 rings (SSSR count). The van der Waals surface area contributed by atoms with E-state index in [1.807, 2.05) is 20.0 Å². The van der Waals surface area contributed by atoms with E-state index in [-0.39, 0.29) is 11.4 Å². The fourth-order valence-corrected chi connectivity index (χ4v) is 2.35. The zero-order chi connectivity index (χ0) is 8.72. The number of carbonyl (C=O) groups is 1. The smallest absolute Gasteiger partial charge is 0.254 e. The normalized spacial score (nSPS) is 27.7. The van der Waals surface area contributed by atoms with Gasteiger partial charge in [-0.2, -0.15) is 0 Å². The molecule has 1 unspecified atom stereocenters. The first kappa shape index (κ1) is 7.73. The van der Waals surface area contributed by atoms with Crippen molar-refractivity contribution in [3.63, 3.8) is 0 Å². The van der Waals surface area contributed by atoms with E-state index in [0.717, 1.165) is 5.70 Å². The van der Waals surface area contributed by atoms with Gasteiger partial charge in [0, 0.05) is 22.9 Å². The van der Waals surface area contributed by atoms with Crippen LogP contribution in [0.1, 0.15) is 13.8 Å². The largest absolute Gasteiger partial charge is 0.360 e. The van der Waals surface area contributed by atoms with Gasteiger partial charge >= 0.3 is 0 Å². The average Bonchev–Trinajstić information content (AvgIpc) is 2.29. The van der Waals surface area contributed by atoms with Gasteiger partial charge in [-0.1, -0.05) is 11.8 Å². The Morgan fingerprint density at radius 3 is 3.08 bits per heavy atom. The molecule has 0 fully saturated rings. The van der Waals surface area contributed by atoms with Gasteiger partial charge in [0.15, 0.2) is 5.50 Å². The SMILES string of the molecule is CC1=CC(=O)N2C=C(C)SC2N1. The molecule has 2 aliphatic rings. The van der Waals surface area contributed by atoms with Crippen molar-refractivity contribution < 1.29 is 4.79 Å². The molecule has 0 bridgehead atoms. The second-order valence-corrected chi connectivity index (χ2v) is 4.25. The summed E-state index contributed by atoms with van der Waals surface area (Å²) in [5, 5.41) is 3.22. The second-order valence-electron chi connectivity index (χ2n) is 2.93. The fraction of sp³-hybridized carbons (Fsp3) is 0.375. The lowest BCUT2D eigenvalue weighted by Gasteiger charge is -2.27. The highest BCUT2D eigenvalue weighted by Gasteiger charge is 2.30. The van der Waals surface area contributed by atoms with E-state index in [0.29, 0.717) is 0 Å². The van der Waals surface area contributed by atoms with Crippen LogP contribution in [0.5, 0.6) is 0 Å². The van der Waals surface area contributed by atoms with E-state index in [9.17, 15) is 4.79 Å². The van der Waals surface area contributed by atoms with E-state index >= 15 is 0 Å². The molecule has 2 aliphatic heterocycles.